The van der Waals surface area contributed by atoms with Crippen LogP contribution in [0.15, 0.2) is 54.9 Å². The van der Waals surface area contributed by atoms with Crippen LogP contribution in [0.1, 0.15) is 19.4 Å². The molecule has 1 saturated heterocycles. The number of fused-ring (bicyclic) bond motifs is 1. The Hall–Kier alpha value is -3.66. The summed E-state index contributed by atoms with van der Waals surface area (Å²) in [5.41, 5.74) is 2.64. The fraction of sp³-hybridized carbons (Fsp3) is 0.414. The van der Waals surface area contributed by atoms with Crippen molar-refractivity contribution in [2.24, 2.45) is 0 Å². The van der Waals surface area contributed by atoms with Crippen molar-refractivity contribution >= 4 is 36.0 Å². The summed E-state index contributed by atoms with van der Waals surface area (Å²) in [5.74, 6) is 1.85. The van der Waals surface area contributed by atoms with Gasteiger partial charge in [-0.25, -0.2) is 14.8 Å². The fourth-order valence-corrected chi connectivity index (χ4v) is 5.96. The summed E-state index contributed by atoms with van der Waals surface area (Å²) in [6.45, 7) is 8.80. The van der Waals surface area contributed by atoms with E-state index in [1.54, 1.807) is 38.0 Å². The molecule has 1 fully saturated rings. The number of amides is 2. The van der Waals surface area contributed by atoms with Gasteiger partial charge in [-0.1, -0.05) is 29.8 Å². The van der Waals surface area contributed by atoms with E-state index >= 15 is 0 Å². The first-order chi connectivity index (χ1) is 19.9. The van der Waals surface area contributed by atoms with Gasteiger partial charge in [0.25, 0.3) is 0 Å². The number of nitrogens with one attached hydrogen (secondary N) is 1. The molecule has 0 spiro atoms. The number of piperazine rings is 1. The van der Waals surface area contributed by atoms with Crippen LogP contribution in [-0.2, 0) is 13.6 Å². The van der Waals surface area contributed by atoms with Gasteiger partial charge in [0.1, 0.15) is 18.8 Å². The third-order valence-electron chi connectivity index (χ3n) is 6.55. The van der Waals surface area contributed by atoms with E-state index < -0.39 is 7.60 Å². The van der Waals surface area contributed by atoms with Gasteiger partial charge in [0, 0.05) is 43.3 Å². The standard InChI is InChI=1S/C29H38N5O6P/c1-5-39-41(36,40-6-2)18-8-7-17-38-27-19-24-25(20-26(27)37-4)30-21-31-28(24)33-13-15-34(16-14-33)29(35)32-23-11-9-22(3)10-12-23/h7-12,19-21H,5-6,13-18H2,1-4H3,(H,32,35)/b8-7+. The highest BCUT2D eigenvalue weighted by molar-refractivity contribution is 7.54. The molecule has 12 heteroatoms. The Bertz CT molecular complexity index is 1380. The molecular weight excluding hydrogens is 545 g/mol. The van der Waals surface area contributed by atoms with Crippen LogP contribution in [0, 0.1) is 6.92 Å². The normalized spacial score (nSPS) is 14.0. The topological polar surface area (TPSA) is 115 Å². The van der Waals surface area contributed by atoms with Crippen LogP contribution in [0.5, 0.6) is 11.5 Å². The number of ether oxygens (including phenoxy) is 2. The minimum Gasteiger partial charge on any atom is -0.493 e. The number of nitrogens with zero attached hydrogens (tertiary/aromatic N) is 4. The molecule has 0 atom stereocenters. The first-order valence-electron chi connectivity index (χ1n) is 13.7. The van der Waals surface area contributed by atoms with Crippen molar-refractivity contribution in [3.63, 3.8) is 0 Å². The molecule has 1 aliphatic rings. The molecule has 2 heterocycles. The van der Waals surface area contributed by atoms with E-state index in [2.05, 4.69) is 20.2 Å². The van der Waals surface area contributed by atoms with Gasteiger partial charge in [-0.05, 0) is 39.0 Å². The Morgan fingerprint density at radius 3 is 2.37 bits per heavy atom. The molecule has 220 valence electrons. The number of allylic oxidation sites excluding steroid dienone is 1. The number of carbonyl (C=O) groups excluding carboxylic acids is 1. The molecule has 0 aliphatic carbocycles. The molecule has 0 radical (unpaired) electrons. The van der Waals surface area contributed by atoms with Gasteiger partial charge >= 0.3 is 13.6 Å². The first kappa shape index (κ1) is 30.3. The predicted octanol–water partition coefficient (Wildman–Crippen LogP) is 5.50. The number of methoxy groups -OCH3 is 1. The van der Waals surface area contributed by atoms with E-state index in [0.717, 1.165) is 28.0 Å². The molecule has 1 N–H and O–H groups in total. The Morgan fingerprint density at radius 1 is 1.00 bits per heavy atom. The summed E-state index contributed by atoms with van der Waals surface area (Å²) in [6.07, 6.45) is 5.21. The van der Waals surface area contributed by atoms with Crippen molar-refractivity contribution in [3.8, 4) is 11.5 Å². The summed E-state index contributed by atoms with van der Waals surface area (Å²) in [6, 6.07) is 11.3. The SMILES string of the molecule is CCOP(=O)(C/C=C/COc1cc2c(N3CCN(C(=O)Nc4ccc(C)cc4)CC3)ncnc2cc1OC)OCC. The van der Waals surface area contributed by atoms with Crippen LogP contribution in [0.3, 0.4) is 0 Å². The van der Waals surface area contributed by atoms with Crippen molar-refractivity contribution < 1.29 is 27.9 Å². The molecule has 41 heavy (non-hydrogen) atoms. The molecule has 11 nitrogen and oxygen atoms in total. The number of urea groups is 1. The number of hydrogen-bond donors (Lipinski definition) is 1. The molecule has 2 amide bonds. The lowest BCUT2D eigenvalue weighted by atomic mass is 10.2. The molecule has 0 bridgehead atoms. The average Bonchev–Trinajstić information content (AvgIpc) is 2.97. The van der Waals surface area contributed by atoms with E-state index in [0.29, 0.717) is 50.9 Å². The minimum atomic E-state index is -3.15. The van der Waals surface area contributed by atoms with Crippen molar-refractivity contribution in [1.82, 2.24) is 14.9 Å². The van der Waals surface area contributed by atoms with Gasteiger partial charge < -0.3 is 33.6 Å². The number of hydrogen-bond acceptors (Lipinski definition) is 9. The highest BCUT2D eigenvalue weighted by atomic mass is 31.2. The van der Waals surface area contributed by atoms with E-state index in [1.807, 2.05) is 43.3 Å². The fourth-order valence-electron chi connectivity index (χ4n) is 4.48. The first-order valence-corrected chi connectivity index (χ1v) is 15.4. The number of aromatic nitrogens is 2. The Balaban J connectivity index is 1.42. The zero-order chi connectivity index (χ0) is 29.2. The quantitative estimate of drug-likeness (QED) is 0.218. The third-order valence-corrected chi connectivity index (χ3v) is 8.51. The van der Waals surface area contributed by atoms with Crippen LogP contribution < -0.4 is 19.7 Å². The van der Waals surface area contributed by atoms with Gasteiger partial charge in [0.2, 0.25) is 0 Å². The van der Waals surface area contributed by atoms with Crippen LogP contribution in [0.2, 0.25) is 0 Å². The third kappa shape index (κ3) is 7.97. The molecule has 2 aromatic carbocycles. The highest BCUT2D eigenvalue weighted by Crippen LogP contribution is 2.47. The molecular formula is C29H38N5O6P. The Morgan fingerprint density at radius 2 is 1.71 bits per heavy atom. The zero-order valence-corrected chi connectivity index (χ0v) is 24.9. The highest BCUT2D eigenvalue weighted by Gasteiger charge is 2.24. The predicted molar refractivity (Wildman–Crippen MR) is 160 cm³/mol. The molecule has 0 unspecified atom stereocenters. The van der Waals surface area contributed by atoms with Gasteiger partial charge in [-0.3, -0.25) is 4.57 Å². The number of aryl methyl sites for hydroxylation is 1. The maximum Gasteiger partial charge on any atom is 0.334 e. The number of anilines is 2. The maximum atomic E-state index is 12.8. The largest absolute Gasteiger partial charge is 0.493 e. The molecule has 1 aromatic heterocycles. The van der Waals surface area contributed by atoms with Crippen molar-refractivity contribution in [2.45, 2.75) is 20.8 Å². The van der Waals surface area contributed by atoms with Crippen LogP contribution in [0.4, 0.5) is 16.3 Å². The van der Waals surface area contributed by atoms with Gasteiger partial charge in [0.05, 0.1) is 32.0 Å². The van der Waals surface area contributed by atoms with Gasteiger partial charge in [-0.2, -0.15) is 0 Å². The zero-order valence-electron chi connectivity index (χ0n) is 24.0. The average molecular weight is 584 g/mol. The lowest BCUT2D eigenvalue weighted by Gasteiger charge is -2.35. The maximum absolute atomic E-state index is 12.8. The summed E-state index contributed by atoms with van der Waals surface area (Å²) < 4.78 is 34.8. The number of benzene rings is 2. The monoisotopic (exact) mass is 583 g/mol. The second kappa shape index (κ2) is 14.3. The van der Waals surface area contributed by atoms with Crippen LogP contribution in [0.25, 0.3) is 10.9 Å². The lowest BCUT2D eigenvalue weighted by Crippen LogP contribution is -2.50. The Labute approximate surface area is 241 Å². The van der Waals surface area contributed by atoms with E-state index in [4.69, 9.17) is 18.5 Å². The van der Waals surface area contributed by atoms with Crippen LogP contribution >= 0.6 is 7.60 Å². The Kier molecular flexibility index (Phi) is 10.6. The summed E-state index contributed by atoms with van der Waals surface area (Å²) >= 11 is 0. The lowest BCUT2D eigenvalue weighted by molar-refractivity contribution is 0.208. The van der Waals surface area contributed by atoms with Gasteiger partial charge in [0.15, 0.2) is 11.5 Å². The van der Waals surface area contributed by atoms with E-state index in [-0.39, 0.29) is 18.8 Å². The molecule has 3 aromatic rings. The summed E-state index contributed by atoms with van der Waals surface area (Å²) in [7, 11) is -1.57. The van der Waals surface area contributed by atoms with E-state index in [1.165, 1.54) is 6.33 Å². The number of carbonyl (C=O) groups is 1. The molecule has 0 saturated carbocycles. The van der Waals surface area contributed by atoms with Crippen molar-refractivity contribution in [3.05, 3.63) is 60.4 Å². The summed E-state index contributed by atoms with van der Waals surface area (Å²) in [5, 5.41) is 3.79. The second-order valence-electron chi connectivity index (χ2n) is 9.40. The van der Waals surface area contributed by atoms with Gasteiger partial charge in [-0.15, -0.1) is 0 Å². The molecule has 1 aliphatic heterocycles. The second-order valence-corrected chi connectivity index (χ2v) is 11.5. The number of rotatable bonds is 12. The smallest absolute Gasteiger partial charge is 0.334 e. The van der Waals surface area contributed by atoms with Crippen molar-refractivity contribution in [2.75, 3.05) is 69.5 Å². The summed E-state index contributed by atoms with van der Waals surface area (Å²) in [4.78, 5) is 25.8. The molecule has 4 rings (SSSR count). The van der Waals surface area contributed by atoms with Crippen LogP contribution in [-0.4, -0.2) is 80.2 Å². The minimum absolute atomic E-state index is 0.117. The van der Waals surface area contributed by atoms with E-state index in [9.17, 15) is 9.36 Å². The van der Waals surface area contributed by atoms with Crippen molar-refractivity contribution in [1.29, 1.82) is 0 Å².